The monoisotopic (exact) mass is 306 g/mol. The van der Waals surface area contributed by atoms with Gasteiger partial charge >= 0.3 is 0 Å². The molecule has 6 heteroatoms. The molecular formula is C13H20Cl2N2O2. The second-order valence-electron chi connectivity index (χ2n) is 4.33. The van der Waals surface area contributed by atoms with Crippen LogP contribution in [0.1, 0.15) is 0 Å². The molecule has 1 atom stereocenters. The van der Waals surface area contributed by atoms with Crippen molar-refractivity contribution in [2.24, 2.45) is 5.73 Å². The van der Waals surface area contributed by atoms with Crippen LogP contribution in [0.25, 0.3) is 0 Å². The highest BCUT2D eigenvalue weighted by molar-refractivity contribution is 6.30. The van der Waals surface area contributed by atoms with Gasteiger partial charge in [-0.15, -0.1) is 12.4 Å². The molecule has 0 spiro atoms. The van der Waals surface area contributed by atoms with Crippen LogP contribution in [0.2, 0.25) is 5.02 Å². The Bertz CT molecular complexity index is 379. The quantitative estimate of drug-likeness (QED) is 0.901. The van der Waals surface area contributed by atoms with E-state index in [2.05, 4.69) is 4.90 Å². The molecule has 1 aliphatic heterocycles. The molecule has 1 unspecified atom stereocenters. The van der Waals surface area contributed by atoms with E-state index in [1.165, 1.54) is 0 Å². The van der Waals surface area contributed by atoms with Gasteiger partial charge in [0, 0.05) is 31.2 Å². The Kier molecular flexibility index (Phi) is 7.49. The summed E-state index contributed by atoms with van der Waals surface area (Å²) in [4.78, 5) is 2.31. The van der Waals surface area contributed by atoms with Crippen molar-refractivity contribution in [3.8, 4) is 5.75 Å². The molecule has 1 aliphatic rings. The zero-order chi connectivity index (χ0) is 12.8. The van der Waals surface area contributed by atoms with Crippen molar-refractivity contribution in [3.63, 3.8) is 0 Å². The second-order valence-corrected chi connectivity index (χ2v) is 4.77. The molecule has 0 saturated carbocycles. The molecule has 1 heterocycles. The van der Waals surface area contributed by atoms with Crippen molar-refractivity contribution >= 4 is 24.0 Å². The number of ether oxygens (including phenoxy) is 2. The van der Waals surface area contributed by atoms with Gasteiger partial charge in [-0.25, -0.2) is 0 Å². The first-order chi connectivity index (χ1) is 8.78. The number of nitrogens with zero attached hydrogens (tertiary/aromatic N) is 1. The highest BCUT2D eigenvalue weighted by atomic mass is 35.5. The molecule has 2 rings (SSSR count). The molecule has 0 amide bonds. The lowest BCUT2D eigenvalue weighted by molar-refractivity contribution is -0.0261. The van der Waals surface area contributed by atoms with Gasteiger partial charge < -0.3 is 15.2 Å². The number of nitrogens with two attached hydrogens (primary N) is 1. The largest absolute Gasteiger partial charge is 0.492 e. The van der Waals surface area contributed by atoms with Crippen LogP contribution in [0.15, 0.2) is 24.3 Å². The van der Waals surface area contributed by atoms with Crippen LogP contribution in [0, 0.1) is 0 Å². The van der Waals surface area contributed by atoms with Crippen LogP contribution in [-0.4, -0.2) is 50.4 Å². The van der Waals surface area contributed by atoms with Gasteiger partial charge in [0.2, 0.25) is 0 Å². The molecule has 108 valence electrons. The van der Waals surface area contributed by atoms with E-state index in [0.717, 1.165) is 32.0 Å². The van der Waals surface area contributed by atoms with Crippen molar-refractivity contribution < 1.29 is 9.47 Å². The lowest BCUT2D eigenvalue weighted by atomic mass is 10.3. The zero-order valence-corrected chi connectivity index (χ0v) is 12.3. The molecule has 0 radical (unpaired) electrons. The maximum Gasteiger partial charge on any atom is 0.120 e. The second kappa shape index (κ2) is 8.61. The van der Waals surface area contributed by atoms with Crippen molar-refractivity contribution in [1.29, 1.82) is 0 Å². The SMILES string of the molecule is Cl.NCC1CN(CCOc2cccc(Cl)c2)CCO1. The molecule has 1 saturated heterocycles. The summed E-state index contributed by atoms with van der Waals surface area (Å²) in [5.74, 6) is 0.811. The number of hydrogen-bond acceptors (Lipinski definition) is 4. The van der Waals surface area contributed by atoms with Gasteiger partial charge in [-0.2, -0.15) is 0 Å². The fourth-order valence-corrected chi connectivity index (χ4v) is 2.16. The van der Waals surface area contributed by atoms with Crippen LogP contribution >= 0.6 is 24.0 Å². The third-order valence-corrected chi connectivity index (χ3v) is 3.19. The maximum atomic E-state index is 5.89. The average molecular weight is 307 g/mol. The number of benzene rings is 1. The molecular weight excluding hydrogens is 287 g/mol. The van der Waals surface area contributed by atoms with Gasteiger partial charge in [0.15, 0.2) is 0 Å². The van der Waals surface area contributed by atoms with Crippen molar-refractivity contribution in [2.75, 3.05) is 39.4 Å². The molecule has 19 heavy (non-hydrogen) atoms. The van der Waals surface area contributed by atoms with E-state index in [9.17, 15) is 0 Å². The Morgan fingerprint density at radius 2 is 2.32 bits per heavy atom. The Balaban J connectivity index is 0.00000180. The molecule has 1 aromatic rings. The first-order valence-corrected chi connectivity index (χ1v) is 6.58. The standard InChI is InChI=1S/C13H19ClN2O2.ClH/c14-11-2-1-3-12(8-11)17-6-4-16-5-7-18-13(9-15)10-16;/h1-3,8,13H,4-7,9-10,15H2;1H. The molecule has 4 nitrogen and oxygen atoms in total. The summed E-state index contributed by atoms with van der Waals surface area (Å²) < 4.78 is 11.2. The Morgan fingerprint density at radius 3 is 3.05 bits per heavy atom. The predicted octanol–water partition coefficient (Wildman–Crippen LogP) is 1.80. The van der Waals surface area contributed by atoms with E-state index < -0.39 is 0 Å². The molecule has 0 aliphatic carbocycles. The van der Waals surface area contributed by atoms with Gasteiger partial charge in [0.05, 0.1) is 12.7 Å². The van der Waals surface area contributed by atoms with E-state index in [1.807, 2.05) is 24.3 Å². The van der Waals surface area contributed by atoms with E-state index >= 15 is 0 Å². The van der Waals surface area contributed by atoms with Crippen LogP contribution in [0.5, 0.6) is 5.75 Å². The first-order valence-electron chi connectivity index (χ1n) is 6.20. The highest BCUT2D eigenvalue weighted by Gasteiger charge is 2.18. The van der Waals surface area contributed by atoms with Gasteiger partial charge in [-0.3, -0.25) is 4.90 Å². The minimum Gasteiger partial charge on any atom is -0.492 e. The van der Waals surface area contributed by atoms with Gasteiger partial charge in [0.1, 0.15) is 12.4 Å². The summed E-state index contributed by atoms with van der Waals surface area (Å²) in [6.07, 6.45) is 0.157. The maximum absolute atomic E-state index is 5.89. The lowest BCUT2D eigenvalue weighted by Gasteiger charge is -2.32. The van der Waals surface area contributed by atoms with Crippen molar-refractivity contribution in [1.82, 2.24) is 4.90 Å². The Hall–Kier alpha value is -0.520. The van der Waals surface area contributed by atoms with Crippen LogP contribution in [0.3, 0.4) is 0 Å². The van der Waals surface area contributed by atoms with E-state index in [4.69, 9.17) is 26.8 Å². The normalized spacial score (nSPS) is 19.8. The minimum atomic E-state index is 0. The van der Waals surface area contributed by atoms with E-state index in [-0.39, 0.29) is 18.5 Å². The zero-order valence-electron chi connectivity index (χ0n) is 10.8. The number of morpholine rings is 1. The lowest BCUT2D eigenvalue weighted by Crippen LogP contribution is -2.46. The van der Waals surface area contributed by atoms with Crippen LogP contribution in [-0.2, 0) is 4.74 Å². The van der Waals surface area contributed by atoms with Gasteiger partial charge in [-0.1, -0.05) is 17.7 Å². The fourth-order valence-electron chi connectivity index (χ4n) is 1.98. The molecule has 0 aromatic heterocycles. The molecule has 1 fully saturated rings. The topological polar surface area (TPSA) is 47.7 Å². The summed E-state index contributed by atoms with van der Waals surface area (Å²) in [5.41, 5.74) is 5.60. The third-order valence-electron chi connectivity index (χ3n) is 2.96. The van der Waals surface area contributed by atoms with Crippen LogP contribution in [0.4, 0.5) is 0 Å². The smallest absolute Gasteiger partial charge is 0.120 e. The average Bonchev–Trinajstić information content (AvgIpc) is 2.39. The molecule has 2 N–H and O–H groups in total. The molecule has 0 bridgehead atoms. The van der Waals surface area contributed by atoms with E-state index in [0.29, 0.717) is 18.2 Å². The summed E-state index contributed by atoms with van der Waals surface area (Å²) in [5, 5.41) is 0.696. The van der Waals surface area contributed by atoms with Gasteiger partial charge in [0.25, 0.3) is 0 Å². The Morgan fingerprint density at radius 1 is 1.47 bits per heavy atom. The van der Waals surface area contributed by atoms with Crippen LogP contribution < -0.4 is 10.5 Å². The molecule has 1 aromatic carbocycles. The summed E-state index contributed by atoms with van der Waals surface area (Å²) >= 11 is 5.89. The third kappa shape index (κ3) is 5.55. The fraction of sp³-hybridized carbons (Fsp3) is 0.538. The predicted molar refractivity (Wildman–Crippen MR) is 79.4 cm³/mol. The van der Waals surface area contributed by atoms with E-state index in [1.54, 1.807) is 0 Å². The number of hydrogen-bond donors (Lipinski definition) is 1. The number of halogens is 2. The summed E-state index contributed by atoms with van der Waals surface area (Å²) in [6, 6.07) is 7.45. The Labute approximate surface area is 125 Å². The van der Waals surface area contributed by atoms with Crippen molar-refractivity contribution in [2.45, 2.75) is 6.10 Å². The number of rotatable bonds is 5. The first kappa shape index (κ1) is 16.5. The van der Waals surface area contributed by atoms with Gasteiger partial charge in [-0.05, 0) is 18.2 Å². The van der Waals surface area contributed by atoms with Crippen molar-refractivity contribution in [3.05, 3.63) is 29.3 Å². The highest BCUT2D eigenvalue weighted by Crippen LogP contribution is 2.17. The summed E-state index contributed by atoms with van der Waals surface area (Å²) in [7, 11) is 0. The summed E-state index contributed by atoms with van der Waals surface area (Å²) in [6.45, 7) is 4.68. The minimum absolute atomic E-state index is 0.